The highest BCUT2D eigenvalue weighted by Gasteiger charge is 2.05. The predicted molar refractivity (Wildman–Crippen MR) is 73.7 cm³/mol. The minimum Gasteiger partial charge on any atom is -0.494 e. The molecule has 1 rings (SSSR count). The van der Waals surface area contributed by atoms with Gasteiger partial charge >= 0.3 is 0 Å². The number of rotatable bonds is 7. The number of hydrogen-bond donors (Lipinski definition) is 1. The van der Waals surface area contributed by atoms with E-state index in [1.54, 1.807) is 0 Å². The van der Waals surface area contributed by atoms with Crippen LogP contribution >= 0.6 is 0 Å². The maximum Gasteiger partial charge on any atom is 0.119 e. The molecule has 0 aliphatic rings. The average molecular weight is 235 g/mol. The van der Waals surface area contributed by atoms with Gasteiger partial charge in [0, 0.05) is 6.54 Å². The van der Waals surface area contributed by atoms with Crippen molar-refractivity contribution < 1.29 is 4.74 Å². The lowest BCUT2D eigenvalue weighted by Gasteiger charge is -2.15. The van der Waals surface area contributed by atoms with Gasteiger partial charge < -0.3 is 10.1 Å². The van der Waals surface area contributed by atoms with Crippen molar-refractivity contribution in [2.24, 2.45) is 5.92 Å². The molecule has 0 aliphatic carbocycles. The molecule has 0 aromatic heterocycles. The molecule has 0 aliphatic heterocycles. The van der Waals surface area contributed by atoms with Gasteiger partial charge in [0.1, 0.15) is 5.75 Å². The third kappa shape index (κ3) is 5.22. The van der Waals surface area contributed by atoms with E-state index in [1.165, 1.54) is 5.56 Å². The molecule has 17 heavy (non-hydrogen) atoms. The summed E-state index contributed by atoms with van der Waals surface area (Å²) in [6.45, 7) is 11.6. The fraction of sp³-hybridized carbons (Fsp3) is 0.600. The molecular formula is C15H25NO. The van der Waals surface area contributed by atoms with Crippen LogP contribution in [0.5, 0.6) is 5.75 Å². The van der Waals surface area contributed by atoms with Gasteiger partial charge in [0.25, 0.3) is 0 Å². The van der Waals surface area contributed by atoms with Crippen LogP contribution in [0.1, 0.15) is 39.2 Å². The lowest BCUT2D eigenvalue weighted by atomic mass is 10.0. The summed E-state index contributed by atoms with van der Waals surface area (Å²) < 4.78 is 5.44. The molecule has 0 bridgehead atoms. The summed E-state index contributed by atoms with van der Waals surface area (Å²) in [5, 5.41) is 3.49. The van der Waals surface area contributed by atoms with Crippen LogP contribution in [0.4, 0.5) is 0 Å². The molecule has 0 radical (unpaired) electrons. The Hall–Kier alpha value is -1.02. The summed E-state index contributed by atoms with van der Waals surface area (Å²) in [7, 11) is 0. The minimum absolute atomic E-state index is 0.546. The van der Waals surface area contributed by atoms with E-state index >= 15 is 0 Å². The highest BCUT2D eigenvalue weighted by atomic mass is 16.5. The van der Waals surface area contributed by atoms with Crippen LogP contribution in [-0.2, 0) is 0 Å². The minimum atomic E-state index is 0.546. The molecule has 0 saturated carbocycles. The van der Waals surface area contributed by atoms with Crippen molar-refractivity contribution in [3.05, 3.63) is 29.8 Å². The molecule has 0 heterocycles. The van der Waals surface area contributed by atoms with Gasteiger partial charge in [-0.2, -0.15) is 0 Å². The molecular weight excluding hydrogens is 210 g/mol. The Morgan fingerprint density at radius 3 is 2.24 bits per heavy atom. The van der Waals surface area contributed by atoms with Gasteiger partial charge in [-0.15, -0.1) is 0 Å². The van der Waals surface area contributed by atoms with Crippen molar-refractivity contribution in [1.29, 1.82) is 0 Å². The van der Waals surface area contributed by atoms with Crippen LogP contribution in [0.15, 0.2) is 24.3 Å². The number of nitrogens with one attached hydrogen (secondary N) is 1. The van der Waals surface area contributed by atoms with Gasteiger partial charge in [-0.1, -0.05) is 32.9 Å². The lowest BCUT2D eigenvalue weighted by Crippen LogP contribution is -2.24. The SMILES string of the molecule is CCOc1ccc(C(C)CNCC(C)C)cc1. The number of ether oxygens (including phenoxy) is 1. The first-order chi connectivity index (χ1) is 8.13. The van der Waals surface area contributed by atoms with Gasteiger partial charge in [0.05, 0.1) is 6.61 Å². The molecule has 0 saturated heterocycles. The van der Waals surface area contributed by atoms with Crippen LogP contribution in [0.25, 0.3) is 0 Å². The van der Waals surface area contributed by atoms with Crippen molar-refractivity contribution >= 4 is 0 Å². The number of hydrogen-bond acceptors (Lipinski definition) is 2. The smallest absolute Gasteiger partial charge is 0.119 e. The molecule has 0 fully saturated rings. The van der Waals surface area contributed by atoms with Crippen LogP contribution in [0.3, 0.4) is 0 Å². The topological polar surface area (TPSA) is 21.3 Å². The number of benzene rings is 1. The molecule has 2 heteroatoms. The van der Waals surface area contributed by atoms with E-state index in [4.69, 9.17) is 4.74 Å². The lowest BCUT2D eigenvalue weighted by molar-refractivity contribution is 0.340. The molecule has 1 aromatic rings. The van der Waals surface area contributed by atoms with E-state index in [0.717, 1.165) is 25.4 Å². The summed E-state index contributed by atoms with van der Waals surface area (Å²) in [5.41, 5.74) is 1.37. The summed E-state index contributed by atoms with van der Waals surface area (Å²) >= 11 is 0. The van der Waals surface area contributed by atoms with Crippen LogP contribution in [-0.4, -0.2) is 19.7 Å². The Morgan fingerprint density at radius 2 is 1.71 bits per heavy atom. The third-order valence-corrected chi connectivity index (χ3v) is 2.76. The predicted octanol–water partition coefficient (Wildman–Crippen LogP) is 3.43. The van der Waals surface area contributed by atoms with Crippen molar-refractivity contribution in [2.75, 3.05) is 19.7 Å². The standard InChI is InChI=1S/C15H25NO/c1-5-17-15-8-6-14(7-9-15)13(4)11-16-10-12(2)3/h6-9,12-13,16H,5,10-11H2,1-4H3. The monoisotopic (exact) mass is 235 g/mol. The van der Waals surface area contributed by atoms with Gasteiger partial charge in [-0.25, -0.2) is 0 Å². The molecule has 2 nitrogen and oxygen atoms in total. The van der Waals surface area contributed by atoms with Gasteiger partial charge in [-0.3, -0.25) is 0 Å². The van der Waals surface area contributed by atoms with Crippen molar-refractivity contribution in [3.8, 4) is 5.75 Å². The van der Waals surface area contributed by atoms with Crippen LogP contribution in [0, 0.1) is 5.92 Å². The fourth-order valence-corrected chi connectivity index (χ4v) is 1.77. The zero-order chi connectivity index (χ0) is 12.7. The first kappa shape index (κ1) is 14.0. The Kier molecular flexibility index (Phi) is 6.06. The van der Waals surface area contributed by atoms with E-state index in [-0.39, 0.29) is 0 Å². The summed E-state index contributed by atoms with van der Waals surface area (Å²) in [6.07, 6.45) is 0. The first-order valence-corrected chi connectivity index (χ1v) is 6.57. The van der Waals surface area contributed by atoms with E-state index < -0.39 is 0 Å². The largest absolute Gasteiger partial charge is 0.494 e. The van der Waals surface area contributed by atoms with E-state index in [1.807, 2.05) is 6.92 Å². The molecule has 0 amide bonds. The Morgan fingerprint density at radius 1 is 1.06 bits per heavy atom. The second-order valence-corrected chi connectivity index (χ2v) is 4.96. The highest BCUT2D eigenvalue weighted by molar-refractivity contribution is 5.29. The van der Waals surface area contributed by atoms with E-state index in [9.17, 15) is 0 Å². The zero-order valence-electron chi connectivity index (χ0n) is 11.5. The molecule has 1 N–H and O–H groups in total. The first-order valence-electron chi connectivity index (χ1n) is 6.57. The van der Waals surface area contributed by atoms with Gasteiger partial charge in [0.15, 0.2) is 0 Å². The molecule has 96 valence electrons. The van der Waals surface area contributed by atoms with E-state index in [2.05, 4.69) is 50.4 Å². The zero-order valence-corrected chi connectivity index (χ0v) is 11.5. The molecule has 1 atom stereocenters. The van der Waals surface area contributed by atoms with Gasteiger partial charge in [0.2, 0.25) is 0 Å². The second-order valence-electron chi connectivity index (χ2n) is 4.96. The highest BCUT2D eigenvalue weighted by Crippen LogP contribution is 2.18. The maximum atomic E-state index is 5.44. The molecule has 0 spiro atoms. The van der Waals surface area contributed by atoms with Crippen LogP contribution < -0.4 is 10.1 Å². The van der Waals surface area contributed by atoms with Crippen molar-refractivity contribution in [3.63, 3.8) is 0 Å². The fourth-order valence-electron chi connectivity index (χ4n) is 1.77. The Bertz CT molecular complexity index is 305. The summed E-state index contributed by atoms with van der Waals surface area (Å²) in [6, 6.07) is 8.43. The summed E-state index contributed by atoms with van der Waals surface area (Å²) in [5.74, 6) is 2.21. The van der Waals surface area contributed by atoms with Crippen molar-refractivity contribution in [2.45, 2.75) is 33.6 Å². The molecule has 1 aromatic carbocycles. The van der Waals surface area contributed by atoms with Gasteiger partial charge in [-0.05, 0) is 43.0 Å². The maximum absolute atomic E-state index is 5.44. The average Bonchev–Trinajstić information content (AvgIpc) is 2.30. The third-order valence-electron chi connectivity index (χ3n) is 2.76. The Labute approximate surface area is 105 Å². The van der Waals surface area contributed by atoms with Crippen molar-refractivity contribution in [1.82, 2.24) is 5.32 Å². The Balaban J connectivity index is 2.43. The van der Waals surface area contributed by atoms with Crippen LogP contribution in [0.2, 0.25) is 0 Å². The molecule has 1 unspecified atom stereocenters. The normalized spacial score (nSPS) is 12.8. The van der Waals surface area contributed by atoms with E-state index in [0.29, 0.717) is 11.8 Å². The summed E-state index contributed by atoms with van der Waals surface area (Å²) in [4.78, 5) is 0. The quantitative estimate of drug-likeness (QED) is 0.781. The second kappa shape index (κ2) is 7.33.